The highest BCUT2D eigenvalue weighted by Crippen LogP contribution is 2.28. The normalized spacial score (nSPS) is 12.0. The van der Waals surface area contributed by atoms with Crippen molar-refractivity contribution in [3.05, 3.63) is 53.6 Å². The van der Waals surface area contributed by atoms with E-state index >= 15 is 0 Å². The first-order valence-electron chi connectivity index (χ1n) is 6.75. The van der Waals surface area contributed by atoms with E-state index in [0.29, 0.717) is 0 Å². The first kappa shape index (κ1) is 14.4. The lowest BCUT2D eigenvalue weighted by molar-refractivity contribution is 0.408. The molecule has 1 unspecified atom stereocenters. The highest BCUT2D eigenvalue weighted by atomic mass is 16.5. The summed E-state index contributed by atoms with van der Waals surface area (Å²) in [5.74, 6) is 2.41. The minimum atomic E-state index is 0.141. The van der Waals surface area contributed by atoms with Crippen molar-refractivity contribution >= 4 is 0 Å². The summed E-state index contributed by atoms with van der Waals surface area (Å²) in [6, 6.07) is 13.9. The van der Waals surface area contributed by atoms with Crippen molar-refractivity contribution in [3.63, 3.8) is 0 Å². The van der Waals surface area contributed by atoms with Gasteiger partial charge in [-0.2, -0.15) is 0 Å². The molecule has 0 saturated heterocycles. The Bertz CT molecular complexity index is 579. The van der Waals surface area contributed by atoms with Gasteiger partial charge in [0.05, 0.1) is 7.11 Å². The van der Waals surface area contributed by atoms with Crippen LogP contribution in [-0.2, 0) is 6.42 Å². The second-order valence-electron chi connectivity index (χ2n) is 5.06. The summed E-state index contributed by atoms with van der Waals surface area (Å²) < 4.78 is 11.2. The van der Waals surface area contributed by atoms with Crippen molar-refractivity contribution in [1.29, 1.82) is 0 Å². The van der Waals surface area contributed by atoms with Gasteiger partial charge in [-0.05, 0) is 49.6 Å². The maximum atomic E-state index is 5.95. The van der Waals surface area contributed by atoms with Gasteiger partial charge in [0, 0.05) is 12.1 Å². The van der Waals surface area contributed by atoms with Gasteiger partial charge in [0.2, 0.25) is 0 Å². The molecule has 0 spiro atoms. The largest absolute Gasteiger partial charge is 0.497 e. The van der Waals surface area contributed by atoms with Crippen LogP contribution in [0.1, 0.15) is 18.1 Å². The smallest absolute Gasteiger partial charge is 0.131 e. The third kappa shape index (κ3) is 3.75. The number of hydrogen-bond acceptors (Lipinski definition) is 3. The summed E-state index contributed by atoms with van der Waals surface area (Å²) in [6.07, 6.45) is 0.842. The van der Waals surface area contributed by atoms with Crippen molar-refractivity contribution in [2.45, 2.75) is 26.3 Å². The van der Waals surface area contributed by atoms with Crippen LogP contribution in [0.2, 0.25) is 0 Å². The lowest BCUT2D eigenvalue weighted by atomic mass is 10.1. The van der Waals surface area contributed by atoms with Gasteiger partial charge < -0.3 is 15.2 Å². The van der Waals surface area contributed by atoms with E-state index < -0.39 is 0 Å². The summed E-state index contributed by atoms with van der Waals surface area (Å²) in [6.45, 7) is 4.04. The van der Waals surface area contributed by atoms with Crippen LogP contribution in [0.3, 0.4) is 0 Å². The zero-order valence-electron chi connectivity index (χ0n) is 12.2. The van der Waals surface area contributed by atoms with Gasteiger partial charge in [-0.1, -0.05) is 18.2 Å². The van der Waals surface area contributed by atoms with Gasteiger partial charge in [0.15, 0.2) is 0 Å². The minimum absolute atomic E-state index is 0.141. The monoisotopic (exact) mass is 271 g/mol. The van der Waals surface area contributed by atoms with Gasteiger partial charge in [-0.15, -0.1) is 0 Å². The molecular formula is C17H21NO2. The molecule has 3 nitrogen and oxygen atoms in total. The number of aryl methyl sites for hydroxylation is 1. The number of ether oxygens (including phenoxy) is 2. The van der Waals surface area contributed by atoms with Crippen molar-refractivity contribution in [1.82, 2.24) is 0 Å². The molecule has 2 aromatic rings. The first-order valence-corrected chi connectivity index (χ1v) is 6.75. The number of nitrogens with two attached hydrogens (primary N) is 1. The molecule has 2 rings (SSSR count). The maximum absolute atomic E-state index is 5.95. The summed E-state index contributed by atoms with van der Waals surface area (Å²) >= 11 is 0. The fourth-order valence-corrected chi connectivity index (χ4v) is 2.04. The Morgan fingerprint density at radius 3 is 2.55 bits per heavy atom. The third-order valence-electron chi connectivity index (χ3n) is 3.08. The molecule has 2 N–H and O–H groups in total. The summed E-state index contributed by atoms with van der Waals surface area (Å²) in [5, 5.41) is 0. The van der Waals surface area contributed by atoms with Crippen LogP contribution in [-0.4, -0.2) is 13.2 Å². The van der Waals surface area contributed by atoms with Crippen LogP contribution in [0.4, 0.5) is 0 Å². The van der Waals surface area contributed by atoms with Gasteiger partial charge >= 0.3 is 0 Å². The maximum Gasteiger partial charge on any atom is 0.131 e. The fraction of sp³-hybridized carbons (Fsp3) is 0.294. The highest BCUT2D eigenvalue weighted by Gasteiger charge is 2.06. The second-order valence-corrected chi connectivity index (χ2v) is 5.06. The lowest BCUT2D eigenvalue weighted by Crippen LogP contribution is -2.17. The Balaban J connectivity index is 2.23. The van der Waals surface area contributed by atoms with E-state index in [1.807, 2.05) is 38.1 Å². The van der Waals surface area contributed by atoms with Crippen LogP contribution in [0.15, 0.2) is 42.5 Å². The molecule has 0 aliphatic heterocycles. The molecule has 0 aromatic heterocycles. The summed E-state index contributed by atoms with van der Waals surface area (Å²) in [5.41, 5.74) is 8.13. The molecule has 0 fully saturated rings. The van der Waals surface area contributed by atoms with Crippen LogP contribution in [0.5, 0.6) is 17.2 Å². The molecule has 0 bridgehead atoms. The molecule has 0 saturated carbocycles. The quantitative estimate of drug-likeness (QED) is 0.902. The van der Waals surface area contributed by atoms with Crippen LogP contribution >= 0.6 is 0 Å². The van der Waals surface area contributed by atoms with E-state index in [2.05, 4.69) is 18.2 Å². The van der Waals surface area contributed by atoms with Gasteiger partial charge in [0.25, 0.3) is 0 Å². The molecule has 0 aliphatic carbocycles. The molecule has 20 heavy (non-hydrogen) atoms. The van der Waals surface area contributed by atoms with Gasteiger partial charge in [0.1, 0.15) is 17.2 Å². The van der Waals surface area contributed by atoms with Crippen LogP contribution in [0, 0.1) is 6.92 Å². The Labute approximate surface area is 120 Å². The van der Waals surface area contributed by atoms with Gasteiger partial charge in [-0.3, -0.25) is 0 Å². The Kier molecular flexibility index (Phi) is 4.64. The topological polar surface area (TPSA) is 44.5 Å². The predicted molar refractivity (Wildman–Crippen MR) is 81.6 cm³/mol. The van der Waals surface area contributed by atoms with E-state index in [4.69, 9.17) is 15.2 Å². The summed E-state index contributed by atoms with van der Waals surface area (Å²) in [4.78, 5) is 0. The Morgan fingerprint density at radius 2 is 1.85 bits per heavy atom. The van der Waals surface area contributed by atoms with Gasteiger partial charge in [-0.25, -0.2) is 0 Å². The van der Waals surface area contributed by atoms with Crippen LogP contribution in [0.25, 0.3) is 0 Å². The Hall–Kier alpha value is -2.00. The molecule has 0 heterocycles. The lowest BCUT2D eigenvalue weighted by Gasteiger charge is -2.12. The minimum Gasteiger partial charge on any atom is -0.497 e. The predicted octanol–water partition coefficient (Wildman–Crippen LogP) is 3.69. The van der Waals surface area contributed by atoms with Crippen molar-refractivity contribution in [2.75, 3.05) is 7.11 Å². The van der Waals surface area contributed by atoms with E-state index in [-0.39, 0.29) is 6.04 Å². The first-order chi connectivity index (χ1) is 9.58. The number of methoxy groups -OCH3 is 1. The zero-order chi connectivity index (χ0) is 14.5. The summed E-state index contributed by atoms with van der Waals surface area (Å²) in [7, 11) is 1.65. The molecule has 0 radical (unpaired) electrons. The van der Waals surface area contributed by atoms with E-state index in [1.165, 1.54) is 5.56 Å². The molecule has 2 aromatic carbocycles. The zero-order valence-corrected chi connectivity index (χ0v) is 12.2. The average Bonchev–Trinajstić information content (AvgIpc) is 2.42. The molecule has 0 amide bonds. The number of hydrogen-bond donors (Lipinski definition) is 1. The SMILES string of the molecule is COc1cccc(Oc2cc(CC(C)N)ccc2C)c1. The van der Waals surface area contributed by atoms with E-state index in [1.54, 1.807) is 7.11 Å². The van der Waals surface area contributed by atoms with Crippen molar-refractivity contribution in [3.8, 4) is 17.2 Å². The molecule has 106 valence electrons. The van der Waals surface area contributed by atoms with E-state index in [0.717, 1.165) is 29.2 Å². The second kappa shape index (κ2) is 6.44. The Morgan fingerprint density at radius 1 is 1.10 bits per heavy atom. The standard InChI is InChI=1S/C17H21NO2/c1-12-7-8-14(9-13(2)18)10-17(12)20-16-6-4-5-15(11-16)19-3/h4-8,10-11,13H,9,18H2,1-3H3. The molecule has 1 atom stereocenters. The average molecular weight is 271 g/mol. The third-order valence-corrected chi connectivity index (χ3v) is 3.08. The van der Waals surface area contributed by atoms with Crippen molar-refractivity contribution < 1.29 is 9.47 Å². The fourth-order valence-electron chi connectivity index (χ4n) is 2.04. The van der Waals surface area contributed by atoms with Crippen molar-refractivity contribution in [2.24, 2.45) is 5.73 Å². The van der Waals surface area contributed by atoms with E-state index in [9.17, 15) is 0 Å². The number of benzene rings is 2. The molecule has 0 aliphatic rings. The van der Waals surface area contributed by atoms with Crippen LogP contribution < -0.4 is 15.2 Å². The molecular weight excluding hydrogens is 250 g/mol. The highest BCUT2D eigenvalue weighted by molar-refractivity contribution is 5.42. The molecule has 3 heteroatoms. The number of rotatable bonds is 5.